The van der Waals surface area contributed by atoms with Gasteiger partial charge in [-0.3, -0.25) is 4.79 Å². The second-order valence-corrected chi connectivity index (χ2v) is 11.2. The highest BCUT2D eigenvalue weighted by atomic mass is 32.2. The summed E-state index contributed by atoms with van der Waals surface area (Å²) in [5, 5.41) is 0. The highest BCUT2D eigenvalue weighted by Crippen LogP contribution is 2.59. The summed E-state index contributed by atoms with van der Waals surface area (Å²) >= 11 is 7.10. The molecule has 1 aromatic rings. The molecule has 24 heavy (non-hydrogen) atoms. The van der Waals surface area contributed by atoms with Crippen LogP contribution < -0.4 is 0 Å². The molecule has 0 aromatic heterocycles. The first-order chi connectivity index (χ1) is 11.5. The molecule has 0 saturated carbocycles. The van der Waals surface area contributed by atoms with Crippen LogP contribution in [0.15, 0.2) is 57.9 Å². The number of hydrogen-bond acceptors (Lipinski definition) is 5. The van der Waals surface area contributed by atoms with Crippen LogP contribution in [0.4, 0.5) is 0 Å². The zero-order chi connectivity index (χ0) is 17.0. The third kappa shape index (κ3) is 2.57. The van der Waals surface area contributed by atoms with Crippen LogP contribution in [0.2, 0.25) is 0 Å². The van der Waals surface area contributed by atoms with Gasteiger partial charge < -0.3 is 0 Å². The number of hydrogen-bond donors (Lipinski definition) is 0. The number of ketones is 1. The van der Waals surface area contributed by atoms with Gasteiger partial charge in [0.1, 0.15) is 0 Å². The minimum Gasteiger partial charge on any atom is -0.288 e. The van der Waals surface area contributed by atoms with Crippen molar-refractivity contribution in [3.05, 3.63) is 69.1 Å². The lowest BCUT2D eigenvalue weighted by Crippen LogP contribution is -1.96. The van der Waals surface area contributed by atoms with Crippen LogP contribution in [0.25, 0.3) is 5.57 Å². The van der Waals surface area contributed by atoms with Crippen LogP contribution >= 0.6 is 47.0 Å². The Morgan fingerprint density at radius 2 is 1.04 bits per heavy atom. The van der Waals surface area contributed by atoms with Gasteiger partial charge in [-0.05, 0) is 52.9 Å². The predicted molar refractivity (Wildman–Crippen MR) is 112 cm³/mol. The van der Waals surface area contributed by atoms with E-state index in [9.17, 15) is 4.79 Å². The van der Waals surface area contributed by atoms with Crippen molar-refractivity contribution in [1.82, 2.24) is 0 Å². The second kappa shape index (κ2) is 6.20. The van der Waals surface area contributed by atoms with Crippen LogP contribution in [0.3, 0.4) is 0 Å². The Morgan fingerprint density at radius 1 is 0.625 bits per heavy atom. The molecule has 1 aromatic carbocycles. The molecule has 2 heterocycles. The number of allylic oxidation sites excluding steroid dienone is 6. The highest BCUT2D eigenvalue weighted by Gasteiger charge is 2.37. The Hall–Kier alpha value is -0.750. The van der Waals surface area contributed by atoms with Gasteiger partial charge in [0.2, 0.25) is 0 Å². The van der Waals surface area contributed by atoms with Crippen molar-refractivity contribution in [2.75, 3.05) is 0 Å². The minimum absolute atomic E-state index is 0.175. The summed E-state index contributed by atoms with van der Waals surface area (Å²) in [4.78, 5) is 18.4. The third-order valence-corrected chi connectivity index (χ3v) is 9.57. The molecule has 4 rings (SSSR count). The molecule has 2 aliphatic heterocycles. The summed E-state index contributed by atoms with van der Waals surface area (Å²) in [7, 11) is 0. The first-order valence-electron chi connectivity index (χ1n) is 7.66. The number of Topliss-reactive ketones (excluding diaryl/α,β-unsaturated/α-hetero) is 1. The van der Waals surface area contributed by atoms with Gasteiger partial charge >= 0.3 is 0 Å². The van der Waals surface area contributed by atoms with E-state index in [-0.39, 0.29) is 5.78 Å². The van der Waals surface area contributed by atoms with Crippen molar-refractivity contribution in [3.8, 4) is 0 Å². The van der Waals surface area contributed by atoms with E-state index in [1.165, 1.54) is 23.9 Å². The maximum Gasteiger partial charge on any atom is 0.196 e. The number of rotatable bonds is 0. The maximum atomic E-state index is 13.2. The molecule has 1 nitrogen and oxygen atoms in total. The summed E-state index contributed by atoms with van der Waals surface area (Å²) in [6.45, 7) is 8.58. The second-order valence-electron chi connectivity index (χ2n) is 5.83. The van der Waals surface area contributed by atoms with E-state index >= 15 is 0 Å². The Bertz CT molecular complexity index is 883. The fourth-order valence-electron chi connectivity index (χ4n) is 2.78. The molecule has 0 atom stereocenters. The lowest BCUT2D eigenvalue weighted by Gasteiger charge is -2.09. The standard InChI is InChI=1S/C19H16OS4/c1-9-10(2)22-18(21-9)15-13-7-5-6-8-14(13)17(20)16(15)19-23-11(3)12(4)24-19/h5-8H,1-4H3. The molecular formula is C19H16OS4. The number of carbonyl (C=O) groups is 1. The number of thioether (sulfide) groups is 4. The fraction of sp³-hybridized carbons (Fsp3) is 0.211. The zero-order valence-electron chi connectivity index (χ0n) is 13.9. The molecule has 0 fully saturated rings. The van der Waals surface area contributed by atoms with Crippen molar-refractivity contribution in [1.29, 1.82) is 0 Å². The molecular weight excluding hydrogens is 372 g/mol. The Labute approximate surface area is 159 Å². The van der Waals surface area contributed by atoms with Gasteiger partial charge in [0.25, 0.3) is 0 Å². The van der Waals surface area contributed by atoms with Crippen LogP contribution in [-0.4, -0.2) is 5.78 Å². The SMILES string of the molecule is CC1=C(C)SC(=C2C(=O)c3ccccc3C2=C2SC(C)=C(C)S2)S1. The van der Waals surface area contributed by atoms with E-state index in [2.05, 4.69) is 33.8 Å². The quantitative estimate of drug-likeness (QED) is 0.435. The Kier molecular flexibility index (Phi) is 4.32. The van der Waals surface area contributed by atoms with E-state index in [0.717, 1.165) is 26.5 Å². The fourth-order valence-corrected chi connectivity index (χ4v) is 8.02. The zero-order valence-corrected chi connectivity index (χ0v) is 17.1. The van der Waals surface area contributed by atoms with Crippen molar-refractivity contribution in [3.63, 3.8) is 0 Å². The number of benzene rings is 1. The van der Waals surface area contributed by atoms with Gasteiger partial charge in [0, 0.05) is 11.1 Å². The minimum atomic E-state index is 0.175. The molecule has 0 bridgehead atoms. The average Bonchev–Trinajstić information content (AvgIpc) is 3.16. The normalized spacial score (nSPS) is 20.9. The third-order valence-electron chi connectivity index (χ3n) is 4.30. The maximum absolute atomic E-state index is 13.2. The van der Waals surface area contributed by atoms with Crippen LogP contribution in [0.5, 0.6) is 0 Å². The van der Waals surface area contributed by atoms with Crippen LogP contribution in [-0.2, 0) is 0 Å². The molecule has 0 amide bonds. The summed E-state index contributed by atoms with van der Waals surface area (Å²) in [6, 6.07) is 8.03. The first kappa shape index (κ1) is 16.7. The Balaban J connectivity index is 1.93. The van der Waals surface area contributed by atoms with Gasteiger partial charge in [0.05, 0.1) is 14.0 Å². The largest absolute Gasteiger partial charge is 0.288 e. The van der Waals surface area contributed by atoms with Gasteiger partial charge in [-0.1, -0.05) is 71.3 Å². The highest BCUT2D eigenvalue weighted by molar-refractivity contribution is 8.29. The van der Waals surface area contributed by atoms with E-state index in [0.29, 0.717) is 0 Å². The molecule has 1 aliphatic carbocycles. The first-order valence-corrected chi connectivity index (χ1v) is 10.9. The predicted octanol–water partition coefficient (Wildman–Crippen LogP) is 7.23. The summed E-state index contributed by atoms with van der Waals surface area (Å²) in [6.07, 6.45) is 0. The van der Waals surface area contributed by atoms with Crippen molar-refractivity contribution in [2.45, 2.75) is 27.7 Å². The molecule has 0 unspecified atom stereocenters. The summed E-state index contributed by atoms with van der Waals surface area (Å²) in [5.74, 6) is 0.175. The van der Waals surface area contributed by atoms with Crippen molar-refractivity contribution in [2.24, 2.45) is 0 Å². The Morgan fingerprint density at radius 3 is 1.54 bits per heavy atom. The van der Waals surface area contributed by atoms with Gasteiger partial charge in [-0.25, -0.2) is 0 Å². The van der Waals surface area contributed by atoms with Gasteiger partial charge in [-0.2, -0.15) is 0 Å². The number of carbonyl (C=O) groups excluding carboxylic acids is 1. The van der Waals surface area contributed by atoms with Crippen molar-refractivity contribution >= 4 is 58.4 Å². The van der Waals surface area contributed by atoms with E-state index in [1.807, 2.05) is 18.2 Å². The van der Waals surface area contributed by atoms with E-state index < -0.39 is 0 Å². The topological polar surface area (TPSA) is 17.1 Å². The smallest absolute Gasteiger partial charge is 0.196 e. The molecule has 0 saturated heterocycles. The summed E-state index contributed by atoms with van der Waals surface area (Å²) in [5.41, 5.74) is 3.97. The summed E-state index contributed by atoms with van der Waals surface area (Å²) < 4.78 is 2.38. The van der Waals surface area contributed by atoms with E-state index in [1.54, 1.807) is 47.0 Å². The van der Waals surface area contributed by atoms with Gasteiger partial charge in [0.15, 0.2) is 5.78 Å². The molecule has 5 heteroatoms. The molecule has 0 spiro atoms. The molecule has 3 aliphatic rings. The van der Waals surface area contributed by atoms with Gasteiger partial charge in [-0.15, -0.1) is 0 Å². The molecule has 0 N–H and O–H groups in total. The van der Waals surface area contributed by atoms with Crippen LogP contribution in [0.1, 0.15) is 43.6 Å². The lowest BCUT2D eigenvalue weighted by atomic mass is 10.1. The molecule has 122 valence electrons. The average molecular weight is 389 g/mol. The monoisotopic (exact) mass is 388 g/mol. The number of fused-ring (bicyclic) bond motifs is 1. The van der Waals surface area contributed by atoms with Crippen LogP contribution in [0, 0.1) is 0 Å². The lowest BCUT2D eigenvalue weighted by molar-refractivity contribution is 0.104. The van der Waals surface area contributed by atoms with Crippen molar-refractivity contribution < 1.29 is 4.79 Å². The molecule has 0 radical (unpaired) electrons. The van der Waals surface area contributed by atoms with E-state index in [4.69, 9.17) is 0 Å².